The molecule has 4 N–H and O–H groups in total. The number of aliphatic hydroxyl groups is 2. The molecule has 0 radical (unpaired) electrons. The van der Waals surface area contributed by atoms with Crippen LogP contribution in [0.4, 0.5) is 0 Å². The van der Waals surface area contributed by atoms with Gasteiger partial charge in [-0.3, -0.25) is 19.3 Å². The number of nitrogens with zero attached hydrogens (tertiary/aromatic N) is 1. The summed E-state index contributed by atoms with van der Waals surface area (Å²) in [5.74, 6) is -1.45. The van der Waals surface area contributed by atoms with Gasteiger partial charge in [-0.2, -0.15) is 0 Å². The van der Waals surface area contributed by atoms with Gasteiger partial charge in [0.1, 0.15) is 0 Å². The molecule has 2 rings (SSSR count). The monoisotopic (exact) mass is 400 g/mol. The highest BCUT2D eigenvalue weighted by atomic mass is 32.3. The highest BCUT2D eigenvalue weighted by Gasteiger charge is 2.49. The number of ether oxygens (including phenoxy) is 1. The lowest BCUT2D eigenvalue weighted by atomic mass is 9.99. The number of hydrogen-bond acceptors (Lipinski definition) is 6. The van der Waals surface area contributed by atoms with Crippen LogP contribution < -0.4 is 5.73 Å². The Bertz CT molecular complexity index is 709. The van der Waals surface area contributed by atoms with Crippen molar-refractivity contribution in [2.24, 2.45) is 5.73 Å². The van der Waals surface area contributed by atoms with Gasteiger partial charge in [0.25, 0.3) is 11.8 Å². The van der Waals surface area contributed by atoms with Crippen LogP contribution in [0.2, 0.25) is 0 Å². The van der Waals surface area contributed by atoms with Crippen LogP contribution in [0.25, 0.3) is 0 Å². The average Bonchev–Trinajstić information content (AvgIpc) is 2.90. The van der Waals surface area contributed by atoms with E-state index in [4.69, 9.17) is 10.5 Å². The predicted octanol–water partition coefficient (Wildman–Crippen LogP) is 0.552. The van der Waals surface area contributed by atoms with Crippen molar-refractivity contribution < 1.29 is 29.3 Å². The number of likely N-dealkylation sites (tertiary alicyclic amines) is 1. The molecule has 9 heteroatoms. The summed E-state index contributed by atoms with van der Waals surface area (Å²) in [6.45, 7) is 0.140. The van der Waals surface area contributed by atoms with Gasteiger partial charge in [0.05, 0.1) is 25.3 Å². The second-order valence-corrected chi connectivity index (χ2v) is 12.3. The van der Waals surface area contributed by atoms with E-state index in [2.05, 4.69) is 18.8 Å². The number of fused-ring (bicyclic) bond motifs is 1. The van der Waals surface area contributed by atoms with Crippen molar-refractivity contribution in [3.05, 3.63) is 23.0 Å². The molecule has 1 fully saturated rings. The molecule has 1 aliphatic carbocycles. The largest absolute Gasteiger partial charge is 0.512 e. The van der Waals surface area contributed by atoms with Crippen LogP contribution >= 0.6 is 10.0 Å². The first-order valence-corrected chi connectivity index (χ1v) is 11.8. The van der Waals surface area contributed by atoms with Gasteiger partial charge in [-0.05, 0) is 25.2 Å². The molecule has 1 unspecified atom stereocenters. The number of allylic oxidation sites excluding steroid dienone is 2. The topological polar surface area (TPSA) is 130 Å². The standard InChI is InChI=1S/C18H28N2O6S/c1-27(2,3)10-9-26-15(22)7-8-18(25,17(19)24)20-11-13-12(16(20)23)5-4-6-14(13)21/h5,21,25H,4,6-11H2,1-3H3,(H2,19,24). The number of primary amides is 1. The van der Waals surface area contributed by atoms with Crippen molar-refractivity contribution in [2.75, 3.05) is 37.7 Å². The maximum absolute atomic E-state index is 12.6. The average molecular weight is 400 g/mol. The number of hydrogen-bond donors (Lipinski definition) is 3. The molecule has 8 nitrogen and oxygen atoms in total. The SMILES string of the molecule is CS(C)(C)CCOC(=O)CCC(O)(C(N)=O)N1CC2=C(O)CCC=C2C1=O. The van der Waals surface area contributed by atoms with Crippen LogP contribution in [0.1, 0.15) is 25.7 Å². The first-order chi connectivity index (χ1) is 12.5. The van der Waals surface area contributed by atoms with Crippen molar-refractivity contribution in [2.45, 2.75) is 31.4 Å². The molecule has 0 saturated carbocycles. The van der Waals surface area contributed by atoms with E-state index in [1.165, 1.54) is 0 Å². The van der Waals surface area contributed by atoms with Gasteiger partial charge < -0.3 is 20.7 Å². The van der Waals surface area contributed by atoms with Crippen molar-refractivity contribution >= 4 is 27.8 Å². The Labute approximate surface area is 160 Å². The number of carbonyl (C=O) groups excluding carboxylic acids is 3. The lowest BCUT2D eigenvalue weighted by molar-refractivity contribution is -0.170. The van der Waals surface area contributed by atoms with Crippen LogP contribution in [-0.4, -0.2) is 76.3 Å². The number of nitrogens with two attached hydrogens (primary N) is 1. The third-order valence-electron chi connectivity index (χ3n) is 4.67. The van der Waals surface area contributed by atoms with Crippen LogP contribution in [0.3, 0.4) is 0 Å². The van der Waals surface area contributed by atoms with Gasteiger partial charge in [-0.25, -0.2) is 10.0 Å². The van der Waals surface area contributed by atoms with Crippen molar-refractivity contribution in [3.63, 3.8) is 0 Å². The molecular formula is C18H28N2O6S. The minimum Gasteiger partial charge on any atom is -0.512 e. The van der Waals surface area contributed by atoms with Gasteiger partial charge in [-0.15, -0.1) is 0 Å². The van der Waals surface area contributed by atoms with E-state index in [1.807, 2.05) is 0 Å². The molecule has 2 amide bonds. The maximum atomic E-state index is 12.6. The Balaban J connectivity index is 2.05. The molecule has 0 bridgehead atoms. The summed E-state index contributed by atoms with van der Waals surface area (Å²) >= 11 is 0. The van der Waals surface area contributed by atoms with Crippen LogP contribution in [0, 0.1) is 0 Å². The van der Waals surface area contributed by atoms with Crippen molar-refractivity contribution in [1.82, 2.24) is 4.90 Å². The van der Waals surface area contributed by atoms with E-state index in [-0.39, 0.29) is 37.3 Å². The van der Waals surface area contributed by atoms with Gasteiger partial charge in [0, 0.05) is 29.7 Å². The third-order valence-corrected chi connectivity index (χ3v) is 6.06. The zero-order valence-corrected chi connectivity index (χ0v) is 16.8. The van der Waals surface area contributed by atoms with Crippen molar-refractivity contribution in [3.8, 4) is 0 Å². The minimum atomic E-state index is -2.32. The lowest BCUT2D eigenvalue weighted by Crippen LogP contribution is -2.58. The summed E-state index contributed by atoms with van der Waals surface area (Å²) in [6, 6.07) is 0. The summed E-state index contributed by atoms with van der Waals surface area (Å²) in [5, 5.41) is 20.8. The second kappa shape index (κ2) is 7.93. The number of esters is 1. The van der Waals surface area contributed by atoms with Crippen molar-refractivity contribution in [1.29, 1.82) is 0 Å². The molecule has 1 atom stereocenters. The Morgan fingerprint density at radius 2 is 2.04 bits per heavy atom. The number of amides is 2. The molecule has 1 aliphatic heterocycles. The molecule has 0 aromatic rings. The van der Waals surface area contributed by atoms with Gasteiger partial charge in [0.15, 0.2) is 0 Å². The fourth-order valence-electron chi connectivity index (χ4n) is 2.99. The molecule has 2 aliphatic rings. The normalized spacial score (nSPS) is 20.1. The van der Waals surface area contributed by atoms with Crippen LogP contribution in [0.5, 0.6) is 0 Å². The summed E-state index contributed by atoms with van der Waals surface area (Å²) in [7, 11) is -0.803. The molecule has 0 aromatic carbocycles. The van der Waals surface area contributed by atoms with Crippen LogP contribution in [-0.2, 0) is 19.1 Å². The second-order valence-electron chi connectivity index (χ2n) is 7.67. The number of carbonyl (C=O) groups is 3. The summed E-state index contributed by atoms with van der Waals surface area (Å²) < 4.78 is 5.15. The van der Waals surface area contributed by atoms with E-state index in [1.54, 1.807) is 6.08 Å². The minimum absolute atomic E-state index is 0.0688. The van der Waals surface area contributed by atoms with Crippen LogP contribution in [0.15, 0.2) is 23.0 Å². The summed E-state index contributed by atoms with van der Waals surface area (Å²) in [4.78, 5) is 37.4. The zero-order chi connectivity index (χ0) is 20.4. The smallest absolute Gasteiger partial charge is 0.306 e. The molecule has 1 saturated heterocycles. The molecule has 152 valence electrons. The molecule has 0 aromatic heterocycles. The fourth-order valence-corrected chi connectivity index (χ4v) is 3.58. The van der Waals surface area contributed by atoms with E-state index in [0.29, 0.717) is 18.4 Å². The van der Waals surface area contributed by atoms with Gasteiger partial charge >= 0.3 is 5.97 Å². The van der Waals surface area contributed by atoms with E-state index < -0.39 is 33.5 Å². The highest BCUT2D eigenvalue weighted by Crippen LogP contribution is 2.36. The van der Waals surface area contributed by atoms with Gasteiger partial charge in [-0.1, -0.05) is 6.08 Å². The fraction of sp³-hybridized carbons (Fsp3) is 0.611. The Morgan fingerprint density at radius 1 is 1.37 bits per heavy atom. The van der Waals surface area contributed by atoms with E-state index >= 15 is 0 Å². The first-order valence-electron chi connectivity index (χ1n) is 8.73. The zero-order valence-electron chi connectivity index (χ0n) is 16.0. The first kappa shape index (κ1) is 21.3. The maximum Gasteiger partial charge on any atom is 0.306 e. The summed E-state index contributed by atoms with van der Waals surface area (Å²) in [6.07, 6.45) is 8.25. The third kappa shape index (κ3) is 4.84. The molecule has 0 spiro atoms. The quantitative estimate of drug-likeness (QED) is 0.510. The molecule has 27 heavy (non-hydrogen) atoms. The number of rotatable bonds is 8. The Morgan fingerprint density at radius 3 is 2.59 bits per heavy atom. The van der Waals surface area contributed by atoms with E-state index in [9.17, 15) is 24.6 Å². The summed E-state index contributed by atoms with van der Waals surface area (Å²) in [5.41, 5.74) is 3.69. The molecule has 1 heterocycles. The lowest BCUT2D eigenvalue weighted by Gasteiger charge is -2.33. The number of aliphatic hydroxyl groups excluding tert-OH is 1. The Hall–Kier alpha value is -2.00. The predicted molar refractivity (Wildman–Crippen MR) is 103 cm³/mol. The Kier molecular flexibility index (Phi) is 6.26. The van der Waals surface area contributed by atoms with E-state index in [0.717, 1.165) is 10.7 Å². The molecular weight excluding hydrogens is 372 g/mol. The highest BCUT2D eigenvalue weighted by molar-refractivity contribution is 8.32. The van der Waals surface area contributed by atoms with Gasteiger partial charge in [0.2, 0.25) is 5.72 Å².